The SMILES string of the molecule is NS(=O)(=O)c1ccc(C(=O)N2CCN(C3CCOCC3)CC2)cc1. The highest BCUT2D eigenvalue weighted by Crippen LogP contribution is 2.18. The number of carbonyl (C=O) groups is 1. The molecule has 3 rings (SSSR count). The second kappa shape index (κ2) is 7.18. The first-order valence-corrected chi connectivity index (χ1v) is 9.74. The monoisotopic (exact) mass is 353 g/mol. The molecular weight excluding hydrogens is 330 g/mol. The first-order valence-electron chi connectivity index (χ1n) is 8.19. The lowest BCUT2D eigenvalue weighted by molar-refractivity contribution is 0.0137. The van der Waals surface area contributed by atoms with Crippen molar-refractivity contribution in [1.82, 2.24) is 9.80 Å². The molecule has 2 heterocycles. The Morgan fingerprint density at radius 3 is 2.17 bits per heavy atom. The molecule has 0 spiro atoms. The van der Waals surface area contributed by atoms with E-state index in [9.17, 15) is 13.2 Å². The molecule has 1 aromatic carbocycles. The number of primary sulfonamides is 1. The Hall–Kier alpha value is -1.48. The Labute approximate surface area is 142 Å². The second-order valence-electron chi connectivity index (χ2n) is 6.24. The van der Waals surface area contributed by atoms with Crippen LogP contribution in [0.1, 0.15) is 23.2 Å². The Morgan fingerprint density at radius 1 is 1.04 bits per heavy atom. The summed E-state index contributed by atoms with van der Waals surface area (Å²) in [5, 5.41) is 5.07. The fraction of sp³-hybridized carbons (Fsp3) is 0.562. The molecule has 132 valence electrons. The van der Waals surface area contributed by atoms with Crippen molar-refractivity contribution in [1.29, 1.82) is 0 Å². The summed E-state index contributed by atoms with van der Waals surface area (Å²) in [6, 6.07) is 6.35. The molecule has 0 aliphatic carbocycles. The predicted molar refractivity (Wildman–Crippen MR) is 89.1 cm³/mol. The van der Waals surface area contributed by atoms with E-state index in [1.54, 1.807) is 0 Å². The van der Waals surface area contributed by atoms with Crippen molar-refractivity contribution in [2.45, 2.75) is 23.8 Å². The van der Waals surface area contributed by atoms with Crippen LogP contribution in [0.3, 0.4) is 0 Å². The van der Waals surface area contributed by atoms with Gasteiger partial charge in [-0.25, -0.2) is 13.6 Å². The summed E-state index contributed by atoms with van der Waals surface area (Å²) in [5.74, 6) is -0.0670. The predicted octanol–water partition coefficient (Wildman–Crippen LogP) is 0.271. The van der Waals surface area contributed by atoms with Gasteiger partial charge in [0.2, 0.25) is 10.0 Å². The molecule has 2 aliphatic heterocycles. The van der Waals surface area contributed by atoms with Crippen LogP contribution in [0.4, 0.5) is 0 Å². The zero-order valence-electron chi connectivity index (χ0n) is 13.6. The van der Waals surface area contributed by atoms with Crippen molar-refractivity contribution >= 4 is 15.9 Å². The molecule has 2 N–H and O–H groups in total. The van der Waals surface area contributed by atoms with E-state index in [0.29, 0.717) is 24.7 Å². The fourth-order valence-electron chi connectivity index (χ4n) is 3.31. The fourth-order valence-corrected chi connectivity index (χ4v) is 3.83. The van der Waals surface area contributed by atoms with E-state index in [1.807, 2.05) is 4.90 Å². The van der Waals surface area contributed by atoms with Crippen molar-refractivity contribution in [3.8, 4) is 0 Å². The maximum absolute atomic E-state index is 12.6. The van der Waals surface area contributed by atoms with Crippen LogP contribution in [-0.2, 0) is 14.8 Å². The molecule has 0 atom stereocenters. The van der Waals surface area contributed by atoms with Crippen molar-refractivity contribution in [2.75, 3.05) is 39.4 Å². The minimum absolute atomic E-state index is 0.0170. The lowest BCUT2D eigenvalue weighted by Gasteiger charge is -2.40. The van der Waals surface area contributed by atoms with Crippen LogP contribution < -0.4 is 5.14 Å². The van der Waals surface area contributed by atoms with Crippen LogP contribution in [0.15, 0.2) is 29.2 Å². The highest BCUT2D eigenvalue weighted by atomic mass is 32.2. The molecule has 1 aromatic rings. The molecule has 0 bridgehead atoms. The quantitative estimate of drug-likeness (QED) is 0.842. The summed E-state index contributed by atoms with van der Waals surface area (Å²) in [4.78, 5) is 16.8. The summed E-state index contributed by atoms with van der Waals surface area (Å²) in [7, 11) is -3.73. The highest BCUT2D eigenvalue weighted by molar-refractivity contribution is 7.89. The van der Waals surface area contributed by atoms with E-state index in [4.69, 9.17) is 9.88 Å². The molecule has 0 radical (unpaired) electrons. The number of benzene rings is 1. The van der Waals surface area contributed by atoms with Gasteiger partial charge in [0.25, 0.3) is 5.91 Å². The van der Waals surface area contributed by atoms with Gasteiger partial charge >= 0.3 is 0 Å². The normalized spacial score (nSPS) is 21.0. The number of amides is 1. The zero-order chi connectivity index (χ0) is 17.2. The first-order chi connectivity index (χ1) is 11.4. The maximum Gasteiger partial charge on any atom is 0.253 e. The van der Waals surface area contributed by atoms with E-state index in [1.165, 1.54) is 24.3 Å². The number of sulfonamides is 1. The molecule has 0 saturated carbocycles. The smallest absolute Gasteiger partial charge is 0.253 e. The number of rotatable bonds is 3. The number of nitrogens with zero attached hydrogens (tertiary/aromatic N) is 2. The lowest BCUT2D eigenvalue weighted by atomic mass is 10.1. The first kappa shape index (κ1) is 17.3. The van der Waals surface area contributed by atoms with E-state index in [-0.39, 0.29) is 10.8 Å². The minimum Gasteiger partial charge on any atom is -0.381 e. The number of hydrogen-bond donors (Lipinski definition) is 1. The van der Waals surface area contributed by atoms with Gasteiger partial charge in [-0.1, -0.05) is 0 Å². The van der Waals surface area contributed by atoms with E-state index in [2.05, 4.69) is 4.90 Å². The Balaban J connectivity index is 1.58. The molecule has 8 heteroatoms. The second-order valence-corrected chi connectivity index (χ2v) is 7.80. The third-order valence-electron chi connectivity index (χ3n) is 4.74. The zero-order valence-corrected chi connectivity index (χ0v) is 14.4. The van der Waals surface area contributed by atoms with Gasteiger partial charge in [-0.15, -0.1) is 0 Å². The van der Waals surface area contributed by atoms with Gasteiger partial charge in [0.1, 0.15) is 0 Å². The summed E-state index contributed by atoms with van der Waals surface area (Å²) >= 11 is 0. The maximum atomic E-state index is 12.6. The van der Waals surface area contributed by atoms with Gasteiger partial charge < -0.3 is 9.64 Å². The van der Waals surface area contributed by atoms with Crippen LogP contribution in [-0.4, -0.2) is 69.6 Å². The van der Waals surface area contributed by atoms with E-state index >= 15 is 0 Å². The minimum atomic E-state index is -3.73. The summed E-state index contributed by atoms with van der Waals surface area (Å²) < 4.78 is 27.9. The molecule has 2 aliphatic rings. The van der Waals surface area contributed by atoms with Crippen molar-refractivity contribution in [3.63, 3.8) is 0 Å². The Kier molecular flexibility index (Phi) is 5.19. The van der Waals surface area contributed by atoms with Gasteiger partial charge in [-0.3, -0.25) is 9.69 Å². The number of ether oxygens (including phenoxy) is 1. The van der Waals surface area contributed by atoms with E-state index in [0.717, 1.165) is 39.1 Å². The largest absolute Gasteiger partial charge is 0.381 e. The highest BCUT2D eigenvalue weighted by Gasteiger charge is 2.27. The number of hydrogen-bond acceptors (Lipinski definition) is 5. The van der Waals surface area contributed by atoms with Gasteiger partial charge in [0.15, 0.2) is 0 Å². The van der Waals surface area contributed by atoms with Crippen molar-refractivity contribution in [2.24, 2.45) is 5.14 Å². The van der Waals surface area contributed by atoms with Crippen LogP contribution in [0.25, 0.3) is 0 Å². The van der Waals surface area contributed by atoms with Gasteiger partial charge in [0.05, 0.1) is 4.90 Å². The topological polar surface area (TPSA) is 92.9 Å². The van der Waals surface area contributed by atoms with Gasteiger partial charge in [-0.05, 0) is 37.1 Å². The molecular formula is C16H23N3O4S. The van der Waals surface area contributed by atoms with Crippen LogP contribution in [0, 0.1) is 0 Å². The molecule has 2 fully saturated rings. The average Bonchev–Trinajstić information content (AvgIpc) is 2.61. The third kappa shape index (κ3) is 3.94. The Morgan fingerprint density at radius 2 is 1.62 bits per heavy atom. The van der Waals surface area contributed by atoms with Crippen LogP contribution in [0.5, 0.6) is 0 Å². The van der Waals surface area contributed by atoms with Crippen LogP contribution in [0.2, 0.25) is 0 Å². The third-order valence-corrected chi connectivity index (χ3v) is 5.67. The summed E-state index contributed by atoms with van der Waals surface area (Å²) in [6.45, 7) is 4.75. The van der Waals surface area contributed by atoms with Gasteiger partial charge in [-0.2, -0.15) is 0 Å². The van der Waals surface area contributed by atoms with Gasteiger partial charge in [0, 0.05) is 51.0 Å². The molecule has 0 aromatic heterocycles. The Bertz CT molecular complexity index is 676. The number of piperazine rings is 1. The molecule has 7 nitrogen and oxygen atoms in total. The van der Waals surface area contributed by atoms with E-state index < -0.39 is 10.0 Å². The standard InChI is InChI=1S/C16H23N3O4S/c17-24(21,22)15-3-1-13(2-4-15)16(20)19-9-7-18(8-10-19)14-5-11-23-12-6-14/h1-4,14H,5-12H2,(H2,17,21,22). The lowest BCUT2D eigenvalue weighted by Crippen LogP contribution is -2.53. The van der Waals surface area contributed by atoms with Crippen LogP contribution >= 0.6 is 0 Å². The summed E-state index contributed by atoms with van der Waals surface area (Å²) in [6.07, 6.45) is 2.12. The van der Waals surface area contributed by atoms with Crippen molar-refractivity contribution < 1.29 is 17.9 Å². The molecule has 1 amide bonds. The molecule has 24 heavy (non-hydrogen) atoms. The van der Waals surface area contributed by atoms with Crippen molar-refractivity contribution in [3.05, 3.63) is 29.8 Å². The number of nitrogens with two attached hydrogens (primary N) is 1. The molecule has 0 unspecified atom stereocenters. The average molecular weight is 353 g/mol. The molecule has 2 saturated heterocycles. The number of carbonyl (C=O) groups excluding carboxylic acids is 1. The summed E-state index contributed by atoms with van der Waals surface area (Å²) in [5.41, 5.74) is 0.488.